The number of phenols is 1. The van der Waals surface area contributed by atoms with Gasteiger partial charge in [-0.25, -0.2) is 4.57 Å². The number of nitro groups is 3. The molecule has 0 aliphatic carbocycles. The second-order valence-corrected chi connectivity index (χ2v) is 4.72. The number of aromatic hydroxyl groups is 1. The second-order valence-electron chi connectivity index (χ2n) is 4.72. The molecule has 1 aromatic carbocycles. The molecule has 0 atom stereocenters. The molecule has 1 heterocycles. The van der Waals surface area contributed by atoms with Crippen LogP contribution in [0.3, 0.4) is 0 Å². The highest BCUT2D eigenvalue weighted by molar-refractivity contribution is 5.64. The molecular weight excluding hydrogens is 336 g/mol. The van der Waals surface area contributed by atoms with Crippen LogP contribution in [0.2, 0.25) is 0 Å². The molecule has 2 aromatic rings. The molecule has 0 amide bonds. The minimum atomic E-state index is -1.21. The molecule has 0 saturated heterocycles. The third kappa shape index (κ3) is 5.49. The van der Waals surface area contributed by atoms with Crippen LogP contribution in [0.25, 0.3) is 0 Å². The minimum Gasteiger partial charge on any atom is -0.497 e. The Kier molecular flexibility index (Phi) is 6.88. The number of phenolic OH excluding ortho intramolecular Hbond substituents is 1. The lowest BCUT2D eigenvalue weighted by atomic mass is 10.2. The summed E-state index contributed by atoms with van der Waals surface area (Å²) in [7, 11) is 0. The highest BCUT2D eigenvalue weighted by atomic mass is 16.6. The molecule has 0 saturated carbocycles. The van der Waals surface area contributed by atoms with Crippen LogP contribution in [0.1, 0.15) is 13.3 Å². The van der Waals surface area contributed by atoms with Gasteiger partial charge in [-0.05, 0) is 0 Å². The number of pyridine rings is 1. The van der Waals surface area contributed by atoms with E-state index in [0.717, 1.165) is 6.54 Å². The predicted molar refractivity (Wildman–Crippen MR) is 85.0 cm³/mol. The summed E-state index contributed by atoms with van der Waals surface area (Å²) in [5, 5.41) is 40.2. The number of hydrogen-bond donors (Lipinski definition) is 1. The van der Waals surface area contributed by atoms with Crippen molar-refractivity contribution in [3.8, 4) is 5.75 Å². The molecular formula is C14H15N4O7+. The van der Waals surface area contributed by atoms with E-state index in [-0.39, 0.29) is 0 Å². The number of aromatic nitrogens is 1. The Morgan fingerprint density at radius 3 is 1.76 bits per heavy atom. The molecule has 11 heteroatoms. The average molecular weight is 351 g/mol. The Balaban J connectivity index is 0.000000293. The molecule has 0 aliphatic heterocycles. The molecule has 0 bridgehead atoms. The monoisotopic (exact) mass is 351 g/mol. The van der Waals surface area contributed by atoms with E-state index in [4.69, 9.17) is 5.11 Å². The standard InChI is InChI=1S/C8H12N.C6H3N3O7/c1-2-6-9-7-4-3-5-8-9;10-6-4(8(13)14)1-3(7(11)12)2-5(6)9(15)16/h3-5,7-8H,2,6H2,1H3;1-2,10H/q+1;. The van der Waals surface area contributed by atoms with Crippen molar-refractivity contribution in [2.24, 2.45) is 0 Å². The van der Waals surface area contributed by atoms with Crippen LogP contribution < -0.4 is 4.57 Å². The van der Waals surface area contributed by atoms with Crippen molar-refractivity contribution >= 4 is 17.1 Å². The van der Waals surface area contributed by atoms with Gasteiger partial charge < -0.3 is 5.11 Å². The maximum atomic E-state index is 10.4. The fourth-order valence-corrected chi connectivity index (χ4v) is 1.82. The summed E-state index contributed by atoms with van der Waals surface area (Å²) in [6, 6.07) is 7.03. The summed E-state index contributed by atoms with van der Waals surface area (Å²) >= 11 is 0. The lowest BCUT2D eigenvalue weighted by Crippen LogP contribution is -2.31. The molecule has 0 unspecified atom stereocenters. The zero-order valence-electron chi connectivity index (χ0n) is 13.1. The Hall–Kier alpha value is -3.63. The van der Waals surface area contributed by atoms with Gasteiger partial charge in [0, 0.05) is 18.6 Å². The third-order valence-corrected chi connectivity index (χ3v) is 2.92. The fourth-order valence-electron chi connectivity index (χ4n) is 1.82. The van der Waals surface area contributed by atoms with E-state index in [0.29, 0.717) is 12.1 Å². The van der Waals surface area contributed by atoms with Crippen molar-refractivity contribution in [3.05, 3.63) is 73.1 Å². The molecule has 1 aromatic heterocycles. The number of aryl methyl sites for hydroxylation is 1. The summed E-state index contributed by atoms with van der Waals surface area (Å²) < 4.78 is 2.18. The first-order chi connectivity index (χ1) is 11.8. The fraction of sp³-hybridized carbons (Fsp3) is 0.214. The molecule has 2 rings (SSSR count). The van der Waals surface area contributed by atoms with E-state index in [1.165, 1.54) is 6.42 Å². The molecule has 1 N–H and O–H groups in total. The summed E-state index contributed by atoms with van der Waals surface area (Å²) in [6.07, 6.45) is 5.38. The quantitative estimate of drug-likeness (QED) is 0.493. The zero-order chi connectivity index (χ0) is 19.0. The Bertz CT molecular complexity index is 745. The summed E-state index contributed by atoms with van der Waals surface area (Å²) in [4.78, 5) is 27.8. The maximum Gasteiger partial charge on any atom is 0.324 e. The minimum absolute atomic E-state index is 0.447. The summed E-state index contributed by atoms with van der Waals surface area (Å²) in [5.41, 5.74) is -3.00. The van der Waals surface area contributed by atoms with Crippen molar-refractivity contribution < 1.29 is 24.4 Å². The highest BCUT2D eigenvalue weighted by Crippen LogP contribution is 2.38. The van der Waals surface area contributed by atoms with Gasteiger partial charge in [0.05, 0.1) is 26.9 Å². The molecule has 25 heavy (non-hydrogen) atoms. The van der Waals surface area contributed by atoms with Gasteiger partial charge in [-0.3, -0.25) is 30.3 Å². The van der Waals surface area contributed by atoms with Crippen LogP contribution in [-0.2, 0) is 6.54 Å². The van der Waals surface area contributed by atoms with Gasteiger partial charge in [-0.2, -0.15) is 0 Å². The SMILES string of the molecule is CCC[n+]1ccccc1.O=[N+]([O-])c1cc([N+](=O)[O-])c(O)c([N+](=O)[O-])c1. The van der Waals surface area contributed by atoms with Gasteiger partial charge in [-0.1, -0.05) is 13.0 Å². The lowest BCUT2D eigenvalue weighted by molar-refractivity contribution is -0.697. The molecule has 11 nitrogen and oxygen atoms in total. The van der Waals surface area contributed by atoms with Crippen molar-refractivity contribution in [1.82, 2.24) is 0 Å². The first-order valence-electron chi connectivity index (χ1n) is 7.02. The van der Waals surface area contributed by atoms with E-state index in [1.54, 1.807) is 0 Å². The summed E-state index contributed by atoms with van der Waals surface area (Å²) in [5.74, 6) is -1.21. The normalized spacial score (nSPS) is 9.64. The first-order valence-corrected chi connectivity index (χ1v) is 7.02. The van der Waals surface area contributed by atoms with Crippen molar-refractivity contribution in [2.75, 3.05) is 0 Å². The van der Waals surface area contributed by atoms with Crippen LogP contribution in [0, 0.1) is 30.3 Å². The van der Waals surface area contributed by atoms with Gasteiger partial charge in [0.25, 0.3) is 11.4 Å². The Labute approximate surface area is 141 Å². The second kappa shape index (κ2) is 8.86. The maximum absolute atomic E-state index is 10.4. The van der Waals surface area contributed by atoms with Crippen LogP contribution in [-0.4, -0.2) is 19.9 Å². The van der Waals surface area contributed by atoms with Crippen LogP contribution in [0.5, 0.6) is 5.75 Å². The number of nitro benzene ring substituents is 3. The number of hydrogen-bond acceptors (Lipinski definition) is 7. The van der Waals surface area contributed by atoms with E-state index in [1.807, 2.05) is 6.07 Å². The van der Waals surface area contributed by atoms with E-state index in [9.17, 15) is 30.3 Å². The molecule has 132 valence electrons. The van der Waals surface area contributed by atoms with Crippen LogP contribution >= 0.6 is 0 Å². The average Bonchev–Trinajstić information content (AvgIpc) is 2.56. The van der Waals surface area contributed by atoms with E-state index < -0.39 is 37.6 Å². The number of nitrogens with zero attached hydrogens (tertiary/aromatic N) is 4. The van der Waals surface area contributed by atoms with Crippen molar-refractivity contribution in [2.45, 2.75) is 19.9 Å². The zero-order valence-corrected chi connectivity index (χ0v) is 13.1. The van der Waals surface area contributed by atoms with Crippen LogP contribution in [0.4, 0.5) is 17.1 Å². The number of benzene rings is 1. The van der Waals surface area contributed by atoms with E-state index in [2.05, 4.69) is 36.0 Å². The largest absolute Gasteiger partial charge is 0.497 e. The molecule has 0 aliphatic rings. The molecule has 0 fully saturated rings. The lowest BCUT2D eigenvalue weighted by Gasteiger charge is -1.97. The highest BCUT2D eigenvalue weighted by Gasteiger charge is 2.30. The van der Waals surface area contributed by atoms with Gasteiger partial charge in [0.2, 0.25) is 0 Å². The van der Waals surface area contributed by atoms with Crippen molar-refractivity contribution in [3.63, 3.8) is 0 Å². The Morgan fingerprint density at radius 2 is 1.40 bits per heavy atom. The van der Waals surface area contributed by atoms with Crippen LogP contribution in [0.15, 0.2) is 42.7 Å². The topological polar surface area (TPSA) is 154 Å². The van der Waals surface area contributed by atoms with Crippen molar-refractivity contribution in [1.29, 1.82) is 0 Å². The Morgan fingerprint density at radius 1 is 0.920 bits per heavy atom. The summed E-state index contributed by atoms with van der Waals surface area (Å²) in [6.45, 7) is 3.31. The third-order valence-electron chi connectivity index (χ3n) is 2.92. The number of rotatable bonds is 5. The molecule has 0 radical (unpaired) electrons. The predicted octanol–water partition coefficient (Wildman–Crippen LogP) is 2.50. The smallest absolute Gasteiger partial charge is 0.324 e. The molecule has 0 spiro atoms. The van der Waals surface area contributed by atoms with E-state index >= 15 is 0 Å². The van der Waals surface area contributed by atoms with Gasteiger partial charge >= 0.3 is 11.4 Å². The van der Waals surface area contributed by atoms with Gasteiger partial charge in [0.1, 0.15) is 6.54 Å². The number of non-ortho nitro benzene ring substituents is 1. The first kappa shape index (κ1) is 19.4. The van der Waals surface area contributed by atoms with Gasteiger partial charge in [-0.15, -0.1) is 0 Å². The van der Waals surface area contributed by atoms with Gasteiger partial charge in [0.15, 0.2) is 12.4 Å².